The number of aromatic nitrogens is 2. The van der Waals surface area contributed by atoms with Crippen molar-refractivity contribution in [3.8, 4) is 11.4 Å². The molecule has 0 saturated carbocycles. The van der Waals surface area contributed by atoms with Gasteiger partial charge in [0, 0.05) is 5.56 Å². The lowest BCUT2D eigenvalue weighted by molar-refractivity contribution is -0.115. The summed E-state index contributed by atoms with van der Waals surface area (Å²) in [4.78, 5) is 12.7. The van der Waals surface area contributed by atoms with Crippen LogP contribution in [0.25, 0.3) is 5.69 Å². The Hall–Kier alpha value is -2.73. The maximum Gasteiger partial charge on any atom is 0.238 e. The van der Waals surface area contributed by atoms with Crippen LogP contribution in [0, 0.1) is 6.92 Å². The Labute approximate surface area is 162 Å². The van der Waals surface area contributed by atoms with E-state index in [-0.39, 0.29) is 16.4 Å². The van der Waals surface area contributed by atoms with Crippen molar-refractivity contribution in [3.05, 3.63) is 71.4 Å². The first-order valence-electron chi connectivity index (χ1n) is 8.83. The number of nitrogens with one attached hydrogen (secondary N) is 1. The second-order valence-corrected chi connectivity index (χ2v) is 7.97. The first kappa shape index (κ1) is 17.7. The van der Waals surface area contributed by atoms with Crippen molar-refractivity contribution >= 4 is 23.5 Å². The molecule has 0 aliphatic carbocycles. The third-order valence-electron chi connectivity index (χ3n) is 4.72. The fraction of sp³-hybridized carbons (Fsp3) is 0.238. The molecule has 4 rings (SSSR count). The molecule has 6 heteroatoms. The molecule has 0 radical (unpaired) electrons. The topological polar surface area (TPSA) is 56.1 Å². The summed E-state index contributed by atoms with van der Waals surface area (Å²) >= 11 is 1.63. The second kappa shape index (κ2) is 7.12. The van der Waals surface area contributed by atoms with Crippen LogP contribution in [0.5, 0.6) is 5.75 Å². The van der Waals surface area contributed by atoms with Crippen LogP contribution in [-0.4, -0.2) is 28.0 Å². The Morgan fingerprint density at radius 1 is 1.15 bits per heavy atom. The molecule has 0 bridgehead atoms. The quantitative estimate of drug-likeness (QED) is 0.735. The standard InChI is InChI=1S/C21H21N3O2S/c1-13-18-19(15-8-7-11-17(12-15)26-3)27-14(2)21(25)22-20(18)24(23-13)16-9-5-4-6-10-16/h4-12,14,19H,1-3H3,(H,22,25)/t14-,19+/m0/s1. The largest absolute Gasteiger partial charge is 0.497 e. The summed E-state index contributed by atoms with van der Waals surface area (Å²) in [6.45, 7) is 3.93. The highest BCUT2D eigenvalue weighted by atomic mass is 32.2. The Morgan fingerprint density at radius 3 is 2.67 bits per heavy atom. The number of thioether (sulfide) groups is 1. The molecule has 5 nitrogen and oxygen atoms in total. The molecule has 2 atom stereocenters. The van der Waals surface area contributed by atoms with Crippen molar-refractivity contribution in [1.29, 1.82) is 0 Å². The number of methoxy groups -OCH3 is 1. The Kier molecular flexibility index (Phi) is 4.66. The number of ether oxygens (including phenoxy) is 1. The van der Waals surface area contributed by atoms with Crippen LogP contribution in [0.15, 0.2) is 54.6 Å². The minimum absolute atomic E-state index is 0.0104. The van der Waals surface area contributed by atoms with E-state index in [4.69, 9.17) is 9.84 Å². The third kappa shape index (κ3) is 3.21. The molecule has 1 aliphatic heterocycles. The van der Waals surface area contributed by atoms with E-state index < -0.39 is 0 Å². The van der Waals surface area contributed by atoms with Crippen molar-refractivity contribution in [1.82, 2.24) is 9.78 Å². The van der Waals surface area contributed by atoms with Crippen molar-refractivity contribution in [2.75, 3.05) is 12.4 Å². The lowest BCUT2D eigenvalue weighted by Crippen LogP contribution is -2.22. The molecule has 3 aromatic rings. The maximum absolute atomic E-state index is 12.7. The molecule has 2 aromatic carbocycles. The average molecular weight is 379 g/mol. The van der Waals surface area contributed by atoms with Crippen LogP contribution in [-0.2, 0) is 4.79 Å². The summed E-state index contributed by atoms with van der Waals surface area (Å²) in [7, 11) is 1.66. The summed E-state index contributed by atoms with van der Waals surface area (Å²) in [5.74, 6) is 1.54. The van der Waals surface area contributed by atoms with E-state index in [9.17, 15) is 4.79 Å². The molecule has 1 amide bonds. The molecule has 0 spiro atoms. The van der Waals surface area contributed by atoms with Gasteiger partial charge in [0.25, 0.3) is 0 Å². The van der Waals surface area contributed by atoms with Gasteiger partial charge in [0.05, 0.1) is 29.0 Å². The van der Waals surface area contributed by atoms with Crippen molar-refractivity contribution in [2.24, 2.45) is 0 Å². The van der Waals surface area contributed by atoms with Crippen LogP contribution in [0.1, 0.15) is 29.0 Å². The van der Waals surface area contributed by atoms with Gasteiger partial charge in [-0.1, -0.05) is 30.3 Å². The van der Waals surface area contributed by atoms with Gasteiger partial charge < -0.3 is 10.1 Å². The Balaban J connectivity index is 1.90. The third-order valence-corrected chi connectivity index (χ3v) is 6.12. The number of hydrogen-bond acceptors (Lipinski definition) is 4. The van der Waals surface area contributed by atoms with Crippen molar-refractivity contribution < 1.29 is 9.53 Å². The van der Waals surface area contributed by atoms with E-state index in [1.807, 2.05) is 67.1 Å². The van der Waals surface area contributed by atoms with Crippen molar-refractivity contribution in [3.63, 3.8) is 0 Å². The van der Waals surface area contributed by atoms with Gasteiger partial charge in [-0.3, -0.25) is 4.79 Å². The summed E-state index contributed by atoms with van der Waals surface area (Å²) in [6.07, 6.45) is 0. The number of fused-ring (bicyclic) bond motifs is 1. The molecule has 0 saturated heterocycles. The molecule has 1 aliphatic rings. The predicted octanol–water partition coefficient (Wildman–Crippen LogP) is 4.35. The molecule has 27 heavy (non-hydrogen) atoms. The van der Waals surface area contributed by atoms with E-state index in [0.29, 0.717) is 0 Å². The molecule has 1 N–H and O–H groups in total. The number of rotatable bonds is 3. The second-order valence-electron chi connectivity index (χ2n) is 6.52. The van der Waals surface area contributed by atoms with Gasteiger partial charge in [-0.15, -0.1) is 11.8 Å². The van der Waals surface area contributed by atoms with Crippen LogP contribution in [0.4, 0.5) is 5.82 Å². The number of amides is 1. The molecular formula is C21H21N3O2S. The normalized spacial score (nSPS) is 19.1. The Bertz CT molecular complexity index is 984. The molecular weight excluding hydrogens is 358 g/mol. The average Bonchev–Trinajstić information content (AvgIpc) is 2.95. The van der Waals surface area contributed by atoms with Gasteiger partial charge in [0.15, 0.2) is 0 Å². The first-order valence-corrected chi connectivity index (χ1v) is 9.78. The van der Waals surface area contributed by atoms with E-state index in [0.717, 1.165) is 34.1 Å². The number of carbonyl (C=O) groups is 1. The van der Waals surface area contributed by atoms with E-state index in [1.165, 1.54) is 0 Å². The molecule has 0 fully saturated rings. The highest BCUT2D eigenvalue weighted by Gasteiger charge is 2.34. The van der Waals surface area contributed by atoms with Gasteiger partial charge in [0.2, 0.25) is 5.91 Å². The monoisotopic (exact) mass is 379 g/mol. The zero-order chi connectivity index (χ0) is 19.0. The smallest absolute Gasteiger partial charge is 0.238 e. The molecule has 1 aromatic heterocycles. The highest BCUT2D eigenvalue weighted by Crippen LogP contribution is 2.46. The van der Waals surface area contributed by atoms with E-state index in [2.05, 4.69) is 11.4 Å². The van der Waals surface area contributed by atoms with E-state index >= 15 is 0 Å². The van der Waals surface area contributed by atoms with Crippen molar-refractivity contribution in [2.45, 2.75) is 24.3 Å². The van der Waals surface area contributed by atoms with Gasteiger partial charge in [-0.2, -0.15) is 5.10 Å². The minimum Gasteiger partial charge on any atom is -0.497 e. The predicted molar refractivity (Wildman–Crippen MR) is 109 cm³/mol. The lowest BCUT2D eigenvalue weighted by atomic mass is 10.0. The summed E-state index contributed by atoms with van der Waals surface area (Å²) in [5, 5.41) is 7.64. The van der Waals surface area contributed by atoms with Gasteiger partial charge in [-0.25, -0.2) is 4.68 Å². The summed E-state index contributed by atoms with van der Waals surface area (Å²) in [6, 6.07) is 17.9. The fourth-order valence-electron chi connectivity index (χ4n) is 3.33. The number of benzene rings is 2. The first-order chi connectivity index (χ1) is 13.1. The van der Waals surface area contributed by atoms with Crippen LogP contribution in [0.2, 0.25) is 0 Å². The minimum atomic E-state index is -0.183. The van der Waals surface area contributed by atoms with E-state index in [1.54, 1.807) is 18.9 Å². The number of hydrogen-bond donors (Lipinski definition) is 1. The molecule has 0 unspecified atom stereocenters. The lowest BCUT2D eigenvalue weighted by Gasteiger charge is -2.18. The SMILES string of the molecule is COc1cccc([C@H]2S[C@@H](C)C(=O)Nc3c2c(C)nn3-c2ccccc2)c1. The number of para-hydroxylation sites is 1. The molecule has 2 heterocycles. The number of aryl methyl sites for hydroxylation is 1. The number of carbonyl (C=O) groups excluding carboxylic acids is 1. The van der Waals surface area contributed by atoms with Gasteiger partial charge in [-0.05, 0) is 43.7 Å². The highest BCUT2D eigenvalue weighted by molar-refractivity contribution is 8.01. The summed E-state index contributed by atoms with van der Waals surface area (Å²) < 4.78 is 7.23. The van der Waals surface area contributed by atoms with Gasteiger partial charge in [0.1, 0.15) is 11.6 Å². The fourth-order valence-corrected chi connectivity index (χ4v) is 4.64. The van der Waals surface area contributed by atoms with Gasteiger partial charge >= 0.3 is 0 Å². The molecule has 138 valence electrons. The number of anilines is 1. The Morgan fingerprint density at radius 2 is 1.93 bits per heavy atom. The maximum atomic E-state index is 12.7. The number of nitrogens with zero attached hydrogens (tertiary/aromatic N) is 2. The summed E-state index contributed by atoms with van der Waals surface area (Å²) in [5.41, 5.74) is 3.96. The van der Waals surface area contributed by atoms with Crippen LogP contribution in [0.3, 0.4) is 0 Å². The van der Waals surface area contributed by atoms with Crippen LogP contribution >= 0.6 is 11.8 Å². The zero-order valence-corrected chi connectivity index (χ0v) is 16.3. The zero-order valence-electron chi connectivity index (χ0n) is 15.5. The van der Waals surface area contributed by atoms with Crippen LogP contribution < -0.4 is 10.1 Å².